The number of aryl methyl sites for hydroxylation is 2. The average molecular weight is 437 g/mol. The second kappa shape index (κ2) is 8.73. The molecule has 1 aliphatic rings. The Hall–Kier alpha value is -2.09. The number of nitrogens with zero attached hydrogens (tertiary/aromatic N) is 1. The quantitative estimate of drug-likeness (QED) is 0.777. The van der Waals surface area contributed by atoms with Gasteiger partial charge in [-0.1, -0.05) is 17.7 Å². The summed E-state index contributed by atoms with van der Waals surface area (Å²) in [5, 5.41) is 0.463. The van der Waals surface area contributed by atoms with Gasteiger partial charge in [-0.05, 0) is 68.1 Å². The summed E-state index contributed by atoms with van der Waals surface area (Å²) in [5.41, 5.74) is 2.39. The molecule has 6 nitrogen and oxygen atoms in total. The van der Waals surface area contributed by atoms with E-state index in [0.717, 1.165) is 11.1 Å². The molecule has 0 atom stereocenters. The maximum Gasteiger partial charge on any atom is 0.257 e. The van der Waals surface area contributed by atoms with Gasteiger partial charge in [-0.2, -0.15) is 0 Å². The van der Waals surface area contributed by atoms with E-state index in [9.17, 15) is 13.2 Å². The molecule has 8 heteroatoms. The van der Waals surface area contributed by atoms with Gasteiger partial charge in [0.15, 0.2) is 0 Å². The molecule has 0 radical (unpaired) electrons. The van der Waals surface area contributed by atoms with Crippen LogP contribution in [0.4, 0.5) is 0 Å². The first-order chi connectivity index (χ1) is 13.7. The smallest absolute Gasteiger partial charge is 0.257 e. The predicted octanol–water partition coefficient (Wildman–Crippen LogP) is 3.55. The van der Waals surface area contributed by atoms with E-state index in [2.05, 4.69) is 4.72 Å². The topological polar surface area (TPSA) is 75.7 Å². The van der Waals surface area contributed by atoms with Gasteiger partial charge >= 0.3 is 0 Å². The number of methoxy groups -OCH3 is 1. The number of halogens is 1. The van der Waals surface area contributed by atoms with Crippen LogP contribution in [0.25, 0.3) is 0 Å². The molecule has 2 aromatic carbocycles. The monoisotopic (exact) mass is 436 g/mol. The summed E-state index contributed by atoms with van der Waals surface area (Å²) in [7, 11) is -2.09. The van der Waals surface area contributed by atoms with Crippen LogP contribution in [-0.2, 0) is 10.0 Å². The van der Waals surface area contributed by atoms with Crippen molar-refractivity contribution in [3.63, 3.8) is 0 Å². The van der Waals surface area contributed by atoms with Crippen LogP contribution in [0.2, 0.25) is 5.02 Å². The zero-order chi connectivity index (χ0) is 21.2. The Morgan fingerprint density at radius 2 is 1.79 bits per heavy atom. The zero-order valence-electron chi connectivity index (χ0n) is 16.7. The molecule has 1 saturated heterocycles. The van der Waals surface area contributed by atoms with Crippen LogP contribution in [0, 0.1) is 13.8 Å². The lowest BCUT2D eigenvalue weighted by Crippen LogP contribution is -2.46. The Balaban J connectivity index is 1.65. The summed E-state index contributed by atoms with van der Waals surface area (Å²) in [6.45, 7) is 4.74. The average Bonchev–Trinajstić information content (AvgIpc) is 2.69. The highest BCUT2D eigenvalue weighted by atomic mass is 35.5. The van der Waals surface area contributed by atoms with Crippen molar-refractivity contribution in [3.05, 3.63) is 58.1 Å². The highest BCUT2D eigenvalue weighted by Gasteiger charge is 2.28. The molecule has 1 N–H and O–H groups in total. The van der Waals surface area contributed by atoms with Crippen LogP contribution in [0.1, 0.15) is 34.3 Å². The predicted molar refractivity (Wildman–Crippen MR) is 113 cm³/mol. The third-order valence-corrected chi connectivity index (χ3v) is 7.04. The van der Waals surface area contributed by atoms with Crippen LogP contribution in [-0.4, -0.2) is 45.5 Å². The van der Waals surface area contributed by atoms with Crippen LogP contribution >= 0.6 is 11.6 Å². The number of carbonyl (C=O) groups is 1. The molecule has 0 bridgehead atoms. The van der Waals surface area contributed by atoms with E-state index < -0.39 is 10.0 Å². The summed E-state index contributed by atoms with van der Waals surface area (Å²) < 4.78 is 33.4. The van der Waals surface area contributed by atoms with Crippen molar-refractivity contribution in [1.29, 1.82) is 0 Å². The molecular formula is C21H25ClN2O4S. The Morgan fingerprint density at radius 3 is 2.41 bits per heavy atom. The standard InChI is InChI=1S/C21H25ClN2O4S/c1-14-4-6-18(12-15(14)2)29(26,27)23-17-8-10-24(11-9-17)21(25)19-13-16(22)5-7-20(19)28-3/h4-7,12-13,17,23H,8-11H2,1-3H3. The first kappa shape index (κ1) is 21.6. The minimum atomic E-state index is -3.60. The summed E-state index contributed by atoms with van der Waals surface area (Å²) in [6.07, 6.45) is 1.08. The number of rotatable bonds is 5. The summed E-state index contributed by atoms with van der Waals surface area (Å²) in [6, 6.07) is 9.83. The van der Waals surface area contributed by atoms with Gasteiger partial charge in [0.25, 0.3) is 5.91 Å². The van der Waals surface area contributed by atoms with Crippen molar-refractivity contribution in [1.82, 2.24) is 9.62 Å². The Kier molecular flexibility index (Phi) is 6.51. The molecule has 0 unspecified atom stereocenters. The van der Waals surface area contributed by atoms with E-state index >= 15 is 0 Å². The molecule has 1 heterocycles. The Bertz CT molecular complexity index is 1020. The number of piperidine rings is 1. The van der Waals surface area contributed by atoms with Crippen molar-refractivity contribution >= 4 is 27.5 Å². The second-order valence-electron chi connectivity index (χ2n) is 7.28. The summed E-state index contributed by atoms with van der Waals surface area (Å²) in [4.78, 5) is 14.8. The van der Waals surface area contributed by atoms with E-state index in [4.69, 9.17) is 16.3 Å². The lowest BCUT2D eigenvalue weighted by Gasteiger charge is -2.32. The van der Waals surface area contributed by atoms with Gasteiger partial charge in [0.1, 0.15) is 5.75 Å². The summed E-state index contributed by atoms with van der Waals surface area (Å²) in [5.74, 6) is 0.303. The summed E-state index contributed by atoms with van der Waals surface area (Å²) >= 11 is 6.03. The zero-order valence-corrected chi connectivity index (χ0v) is 18.3. The van der Waals surface area contributed by atoms with Gasteiger partial charge in [-0.25, -0.2) is 13.1 Å². The van der Waals surface area contributed by atoms with E-state index in [-0.39, 0.29) is 16.8 Å². The second-order valence-corrected chi connectivity index (χ2v) is 9.43. The maximum atomic E-state index is 12.9. The van der Waals surface area contributed by atoms with Gasteiger partial charge < -0.3 is 9.64 Å². The van der Waals surface area contributed by atoms with Gasteiger partial charge in [0, 0.05) is 24.2 Å². The van der Waals surface area contributed by atoms with E-state index in [0.29, 0.717) is 42.3 Å². The highest BCUT2D eigenvalue weighted by molar-refractivity contribution is 7.89. The molecule has 2 aromatic rings. The molecule has 1 amide bonds. The van der Waals surface area contributed by atoms with Crippen molar-refractivity contribution in [3.8, 4) is 5.75 Å². The number of ether oxygens (including phenoxy) is 1. The molecule has 1 fully saturated rings. The lowest BCUT2D eigenvalue weighted by molar-refractivity contribution is 0.0708. The van der Waals surface area contributed by atoms with Crippen LogP contribution in [0.15, 0.2) is 41.3 Å². The first-order valence-electron chi connectivity index (χ1n) is 9.43. The minimum Gasteiger partial charge on any atom is -0.496 e. The normalized spacial score (nSPS) is 15.4. The van der Waals surface area contributed by atoms with Gasteiger partial charge in [0.2, 0.25) is 10.0 Å². The number of amides is 1. The number of sulfonamides is 1. The molecule has 0 spiro atoms. The maximum absolute atomic E-state index is 12.9. The third-order valence-electron chi connectivity index (χ3n) is 5.28. The fraction of sp³-hybridized carbons (Fsp3) is 0.381. The van der Waals surface area contributed by atoms with Crippen LogP contribution in [0.3, 0.4) is 0 Å². The molecule has 1 aliphatic heterocycles. The number of benzene rings is 2. The highest BCUT2D eigenvalue weighted by Crippen LogP contribution is 2.26. The Labute approximate surface area is 176 Å². The van der Waals surface area contributed by atoms with Crippen molar-refractivity contribution < 1.29 is 17.9 Å². The SMILES string of the molecule is COc1ccc(Cl)cc1C(=O)N1CCC(NS(=O)(=O)c2ccc(C)c(C)c2)CC1. The lowest BCUT2D eigenvalue weighted by atomic mass is 10.0. The molecular weight excluding hydrogens is 412 g/mol. The minimum absolute atomic E-state index is 0.167. The number of carbonyl (C=O) groups excluding carboxylic acids is 1. The largest absolute Gasteiger partial charge is 0.496 e. The number of likely N-dealkylation sites (tertiary alicyclic amines) is 1. The molecule has 0 aromatic heterocycles. The molecule has 0 saturated carbocycles. The van der Waals surface area contributed by atoms with E-state index in [1.165, 1.54) is 7.11 Å². The van der Waals surface area contributed by atoms with Crippen molar-refractivity contribution in [2.24, 2.45) is 0 Å². The number of hydrogen-bond acceptors (Lipinski definition) is 4. The van der Waals surface area contributed by atoms with Gasteiger partial charge in [-0.15, -0.1) is 0 Å². The van der Waals surface area contributed by atoms with Crippen LogP contribution < -0.4 is 9.46 Å². The molecule has 3 rings (SSSR count). The first-order valence-corrected chi connectivity index (χ1v) is 11.3. The van der Waals surface area contributed by atoms with Crippen molar-refractivity contribution in [2.75, 3.05) is 20.2 Å². The van der Waals surface area contributed by atoms with Crippen molar-refractivity contribution in [2.45, 2.75) is 37.6 Å². The van der Waals surface area contributed by atoms with E-state index in [1.807, 2.05) is 19.9 Å². The molecule has 156 valence electrons. The van der Waals surface area contributed by atoms with Crippen LogP contribution in [0.5, 0.6) is 5.75 Å². The van der Waals surface area contributed by atoms with Gasteiger partial charge in [0.05, 0.1) is 17.6 Å². The van der Waals surface area contributed by atoms with Gasteiger partial charge in [-0.3, -0.25) is 4.79 Å². The number of nitrogens with one attached hydrogen (secondary N) is 1. The fourth-order valence-corrected chi connectivity index (χ4v) is 4.95. The molecule has 0 aliphatic carbocycles. The number of hydrogen-bond donors (Lipinski definition) is 1. The van der Waals surface area contributed by atoms with E-state index in [1.54, 1.807) is 35.2 Å². The fourth-order valence-electron chi connectivity index (χ4n) is 3.39. The Morgan fingerprint density at radius 1 is 1.10 bits per heavy atom. The third kappa shape index (κ3) is 4.91. The molecule has 29 heavy (non-hydrogen) atoms.